The van der Waals surface area contributed by atoms with Crippen LogP contribution in [0.3, 0.4) is 0 Å². The molecule has 35 heavy (non-hydrogen) atoms. The predicted molar refractivity (Wildman–Crippen MR) is 143 cm³/mol. The van der Waals surface area contributed by atoms with Gasteiger partial charge in [0, 0.05) is 9.90 Å². The second-order valence-corrected chi connectivity index (χ2v) is 13.3. The molecule has 0 saturated carbocycles. The van der Waals surface area contributed by atoms with Crippen molar-refractivity contribution in [1.29, 1.82) is 0 Å². The number of imidazole rings is 1. The maximum Gasteiger partial charge on any atom is 0.283 e. The van der Waals surface area contributed by atoms with Gasteiger partial charge in [0.05, 0.1) is 10.3 Å². The Bertz CT molecular complexity index is 1680. The number of hydrogen-bond donors (Lipinski definition) is 1. The number of amides is 1. The summed E-state index contributed by atoms with van der Waals surface area (Å²) in [6.07, 6.45) is 0. The van der Waals surface area contributed by atoms with Crippen LogP contribution in [-0.4, -0.2) is 28.9 Å². The third-order valence-electron chi connectivity index (χ3n) is 5.24. The molecule has 0 unspecified atom stereocenters. The Morgan fingerprint density at radius 1 is 1.14 bits per heavy atom. The first-order chi connectivity index (χ1) is 16.7. The quantitative estimate of drug-likeness (QED) is 0.251. The SMILES string of the molecule is Cc1nc2ccc(C(=O)NS(=O)(=O)c3ccc(Br)s3)nc2n1Cc1ccc(-c2cccs2)cc1Cl. The van der Waals surface area contributed by atoms with Crippen LogP contribution in [0, 0.1) is 6.92 Å². The average Bonchev–Trinajstić information content (AvgIpc) is 3.56. The van der Waals surface area contributed by atoms with Crippen LogP contribution in [0.15, 0.2) is 68.0 Å². The predicted octanol–water partition coefficient (Wildman–Crippen LogP) is 6.11. The number of benzene rings is 1. The molecule has 5 aromatic rings. The standard InChI is InChI=1S/C23H16BrClN4O3S3/c1-13-26-17-6-7-18(23(30)28-35(31,32)21-9-8-20(24)34-21)27-22(17)29(13)12-15-5-4-14(11-16(15)25)19-3-2-10-33-19/h2-11H,12H2,1H3,(H,28,30). The van der Waals surface area contributed by atoms with Gasteiger partial charge in [0.15, 0.2) is 5.65 Å². The van der Waals surface area contributed by atoms with Crippen molar-refractivity contribution in [3.8, 4) is 10.4 Å². The molecule has 0 spiro atoms. The normalized spacial score (nSPS) is 11.7. The molecule has 0 saturated heterocycles. The molecule has 4 heterocycles. The molecule has 0 atom stereocenters. The molecule has 1 amide bonds. The second-order valence-electron chi connectivity index (χ2n) is 7.56. The van der Waals surface area contributed by atoms with Crippen molar-refractivity contribution in [2.24, 2.45) is 0 Å². The Balaban J connectivity index is 1.44. The highest BCUT2D eigenvalue weighted by Crippen LogP contribution is 2.30. The molecule has 0 aliphatic carbocycles. The molecule has 0 radical (unpaired) electrons. The molecule has 1 N–H and O–H groups in total. The first kappa shape index (κ1) is 24.1. The minimum absolute atomic E-state index is 0.0281. The lowest BCUT2D eigenvalue weighted by Gasteiger charge is -2.10. The fraction of sp³-hybridized carbons (Fsp3) is 0.0870. The van der Waals surface area contributed by atoms with E-state index in [-0.39, 0.29) is 9.90 Å². The van der Waals surface area contributed by atoms with Gasteiger partial charge in [-0.05, 0) is 75.8 Å². The Hall–Kier alpha value is -2.57. The van der Waals surface area contributed by atoms with E-state index in [1.165, 1.54) is 12.1 Å². The summed E-state index contributed by atoms with van der Waals surface area (Å²) in [6, 6.07) is 16.1. The van der Waals surface area contributed by atoms with Crippen LogP contribution >= 0.6 is 50.2 Å². The number of nitrogens with one attached hydrogen (secondary N) is 1. The first-order valence-electron chi connectivity index (χ1n) is 10.2. The van der Waals surface area contributed by atoms with Crippen molar-refractivity contribution < 1.29 is 13.2 Å². The molecular formula is C23H16BrClN4O3S3. The Morgan fingerprint density at radius 2 is 1.97 bits per heavy atom. The van der Waals surface area contributed by atoms with Gasteiger partial charge in [0.1, 0.15) is 21.2 Å². The minimum Gasteiger partial charge on any atom is -0.308 e. The zero-order valence-electron chi connectivity index (χ0n) is 18.0. The van der Waals surface area contributed by atoms with Gasteiger partial charge in [-0.25, -0.2) is 23.1 Å². The minimum atomic E-state index is -4.01. The lowest BCUT2D eigenvalue weighted by atomic mass is 10.1. The third-order valence-corrected chi connectivity index (χ3v) is 9.96. The molecule has 5 rings (SSSR count). The van der Waals surface area contributed by atoms with Crippen molar-refractivity contribution >= 4 is 77.3 Å². The maximum absolute atomic E-state index is 12.8. The van der Waals surface area contributed by atoms with Crippen molar-refractivity contribution in [3.05, 3.63) is 85.9 Å². The average molecular weight is 608 g/mol. The van der Waals surface area contributed by atoms with Crippen LogP contribution in [0.4, 0.5) is 0 Å². The number of pyridine rings is 1. The number of carbonyl (C=O) groups excluding carboxylic acids is 1. The van der Waals surface area contributed by atoms with Crippen LogP contribution in [-0.2, 0) is 16.6 Å². The highest BCUT2D eigenvalue weighted by molar-refractivity contribution is 9.11. The first-order valence-corrected chi connectivity index (χ1v) is 14.5. The monoisotopic (exact) mass is 606 g/mol. The van der Waals surface area contributed by atoms with E-state index in [0.29, 0.717) is 32.3 Å². The van der Waals surface area contributed by atoms with E-state index < -0.39 is 15.9 Å². The van der Waals surface area contributed by atoms with Crippen molar-refractivity contribution in [3.63, 3.8) is 0 Å². The highest BCUT2D eigenvalue weighted by atomic mass is 79.9. The fourth-order valence-corrected chi connectivity index (χ4v) is 7.47. The zero-order valence-corrected chi connectivity index (χ0v) is 22.8. The van der Waals surface area contributed by atoms with E-state index in [0.717, 1.165) is 27.3 Å². The fourth-order valence-electron chi connectivity index (χ4n) is 3.54. The summed E-state index contributed by atoms with van der Waals surface area (Å²) in [5.41, 5.74) is 2.94. The van der Waals surface area contributed by atoms with Gasteiger partial charge in [-0.1, -0.05) is 29.8 Å². The number of fused-ring (bicyclic) bond motifs is 1. The number of hydrogen-bond acceptors (Lipinski definition) is 7. The molecule has 0 aliphatic rings. The summed E-state index contributed by atoms with van der Waals surface area (Å²) >= 11 is 12.5. The number of aromatic nitrogens is 3. The van der Waals surface area contributed by atoms with Gasteiger partial charge < -0.3 is 4.57 Å². The molecule has 1 aromatic carbocycles. The van der Waals surface area contributed by atoms with E-state index >= 15 is 0 Å². The Kier molecular flexibility index (Phi) is 6.53. The van der Waals surface area contributed by atoms with Gasteiger partial charge in [-0.2, -0.15) is 0 Å². The van der Waals surface area contributed by atoms with E-state index in [4.69, 9.17) is 11.6 Å². The van der Waals surface area contributed by atoms with Crippen molar-refractivity contribution in [1.82, 2.24) is 19.3 Å². The van der Waals surface area contributed by atoms with Crippen LogP contribution in [0.25, 0.3) is 21.6 Å². The van der Waals surface area contributed by atoms with Crippen molar-refractivity contribution in [2.45, 2.75) is 17.7 Å². The van der Waals surface area contributed by atoms with E-state index in [1.807, 2.05) is 47.2 Å². The van der Waals surface area contributed by atoms with Crippen LogP contribution in [0.2, 0.25) is 5.02 Å². The second kappa shape index (κ2) is 9.47. The topological polar surface area (TPSA) is 93.9 Å². The molecule has 0 fully saturated rings. The molecule has 4 aromatic heterocycles. The molecular weight excluding hydrogens is 592 g/mol. The number of carbonyl (C=O) groups is 1. The molecule has 178 valence electrons. The smallest absolute Gasteiger partial charge is 0.283 e. The van der Waals surface area contributed by atoms with Crippen LogP contribution in [0.5, 0.6) is 0 Å². The zero-order chi connectivity index (χ0) is 24.7. The van der Waals surface area contributed by atoms with Gasteiger partial charge in [0.25, 0.3) is 15.9 Å². The van der Waals surface area contributed by atoms with Gasteiger partial charge in [-0.15, -0.1) is 22.7 Å². The number of nitrogens with zero attached hydrogens (tertiary/aromatic N) is 3. The van der Waals surface area contributed by atoms with Gasteiger partial charge in [0.2, 0.25) is 0 Å². The largest absolute Gasteiger partial charge is 0.308 e. The number of rotatable bonds is 6. The lowest BCUT2D eigenvalue weighted by Crippen LogP contribution is -2.30. The number of thiophene rings is 2. The summed E-state index contributed by atoms with van der Waals surface area (Å²) in [6.45, 7) is 2.24. The number of halogens is 2. The maximum atomic E-state index is 12.8. The highest BCUT2D eigenvalue weighted by Gasteiger charge is 2.22. The summed E-state index contributed by atoms with van der Waals surface area (Å²) in [5, 5.41) is 2.63. The number of sulfonamides is 1. The molecule has 0 aliphatic heterocycles. The summed E-state index contributed by atoms with van der Waals surface area (Å²) in [5.74, 6) is -0.125. The van der Waals surface area contributed by atoms with Crippen molar-refractivity contribution in [2.75, 3.05) is 0 Å². The van der Waals surface area contributed by atoms with E-state index in [1.54, 1.807) is 23.5 Å². The number of aryl methyl sites for hydroxylation is 1. The van der Waals surface area contributed by atoms with Crippen LogP contribution in [0.1, 0.15) is 21.9 Å². The summed E-state index contributed by atoms with van der Waals surface area (Å²) in [4.78, 5) is 22.9. The Morgan fingerprint density at radius 3 is 2.66 bits per heavy atom. The van der Waals surface area contributed by atoms with E-state index in [9.17, 15) is 13.2 Å². The van der Waals surface area contributed by atoms with Gasteiger partial charge in [-0.3, -0.25) is 4.79 Å². The molecule has 0 bridgehead atoms. The van der Waals surface area contributed by atoms with Gasteiger partial charge >= 0.3 is 0 Å². The lowest BCUT2D eigenvalue weighted by molar-refractivity contribution is 0.0977. The summed E-state index contributed by atoms with van der Waals surface area (Å²) in [7, 11) is -4.01. The third kappa shape index (κ3) is 4.91. The molecule has 7 nitrogen and oxygen atoms in total. The van der Waals surface area contributed by atoms with E-state index in [2.05, 4.69) is 30.6 Å². The summed E-state index contributed by atoms with van der Waals surface area (Å²) < 4.78 is 29.7. The Labute approximate surface area is 222 Å². The molecule has 12 heteroatoms. The van der Waals surface area contributed by atoms with Crippen LogP contribution < -0.4 is 4.72 Å².